The maximum Gasteiger partial charge on any atom is 0.264 e. The van der Waals surface area contributed by atoms with E-state index in [9.17, 15) is 4.79 Å². The molecule has 2 aromatic carbocycles. The van der Waals surface area contributed by atoms with E-state index < -0.39 is 6.10 Å². The van der Waals surface area contributed by atoms with Crippen molar-refractivity contribution in [3.63, 3.8) is 0 Å². The molecule has 2 aromatic rings. The Bertz CT molecular complexity index is 985. The average Bonchev–Trinajstić information content (AvgIpc) is 3.42. The number of hydrogen-bond donors (Lipinski definition) is 0. The number of hydrogen-bond acceptors (Lipinski definition) is 4. The highest BCUT2D eigenvalue weighted by Gasteiger charge is 2.48. The molecular formula is C25H27NO4. The molecule has 1 saturated carbocycles. The van der Waals surface area contributed by atoms with Crippen LogP contribution in [-0.2, 0) is 16.6 Å². The van der Waals surface area contributed by atoms with Gasteiger partial charge in [-0.15, -0.1) is 0 Å². The number of ether oxygens (including phenoxy) is 3. The van der Waals surface area contributed by atoms with Gasteiger partial charge in [0.25, 0.3) is 5.91 Å². The summed E-state index contributed by atoms with van der Waals surface area (Å²) >= 11 is 0. The summed E-state index contributed by atoms with van der Waals surface area (Å²) < 4.78 is 17.8. The quantitative estimate of drug-likeness (QED) is 0.714. The number of rotatable bonds is 1. The first kappa shape index (κ1) is 18.1. The van der Waals surface area contributed by atoms with Gasteiger partial charge in [0.2, 0.25) is 0 Å². The summed E-state index contributed by atoms with van der Waals surface area (Å²) in [6.45, 7) is 4.06. The molecule has 156 valence electrons. The monoisotopic (exact) mass is 405 g/mol. The number of para-hydroxylation sites is 1. The predicted molar refractivity (Wildman–Crippen MR) is 112 cm³/mol. The van der Waals surface area contributed by atoms with Crippen molar-refractivity contribution in [2.75, 3.05) is 19.8 Å². The average molecular weight is 405 g/mol. The number of carbonyl (C=O) groups excluding carboxylic acids is 1. The summed E-state index contributed by atoms with van der Waals surface area (Å²) in [5.74, 6) is 2.60. The normalized spacial score (nSPS) is 25.6. The molecule has 4 aliphatic rings. The second-order valence-electron chi connectivity index (χ2n) is 9.13. The maximum absolute atomic E-state index is 13.7. The molecule has 0 N–H and O–H groups in total. The standard InChI is InChI=1S/C25H27NO4/c1-16-18-13-21-22(29-11-10-28-21)14-19(18)25(8-4-5-9-25)15-26(16)24(27)23-12-17-6-2-3-7-20(17)30-23/h2-3,6-7,13-14,16,23H,4-5,8-12,15H2,1H3/t16-,23-/m0/s1. The van der Waals surface area contributed by atoms with Crippen LogP contribution in [0.1, 0.15) is 55.3 Å². The van der Waals surface area contributed by atoms with Gasteiger partial charge in [-0.2, -0.15) is 0 Å². The molecule has 5 nitrogen and oxygen atoms in total. The number of carbonyl (C=O) groups is 1. The van der Waals surface area contributed by atoms with E-state index in [0.29, 0.717) is 19.6 Å². The van der Waals surface area contributed by atoms with Gasteiger partial charge in [-0.1, -0.05) is 31.0 Å². The zero-order valence-electron chi connectivity index (χ0n) is 17.4. The largest absolute Gasteiger partial charge is 0.486 e. The van der Waals surface area contributed by atoms with Crippen molar-refractivity contribution in [1.82, 2.24) is 4.90 Å². The van der Waals surface area contributed by atoms with Gasteiger partial charge in [0.15, 0.2) is 17.6 Å². The Morgan fingerprint density at radius 3 is 2.53 bits per heavy atom. The minimum absolute atomic E-state index is 0.0122. The van der Waals surface area contributed by atoms with Gasteiger partial charge < -0.3 is 19.1 Å². The van der Waals surface area contributed by atoms with E-state index >= 15 is 0 Å². The Hall–Kier alpha value is -2.69. The van der Waals surface area contributed by atoms with Crippen molar-refractivity contribution in [2.24, 2.45) is 0 Å². The molecule has 1 fully saturated rings. The van der Waals surface area contributed by atoms with Crippen molar-refractivity contribution < 1.29 is 19.0 Å². The highest BCUT2D eigenvalue weighted by atomic mass is 16.6. The van der Waals surface area contributed by atoms with Gasteiger partial charge in [0.05, 0.1) is 6.04 Å². The van der Waals surface area contributed by atoms with E-state index in [1.807, 2.05) is 18.2 Å². The first-order valence-electron chi connectivity index (χ1n) is 11.1. The summed E-state index contributed by atoms with van der Waals surface area (Å²) in [7, 11) is 0. The molecule has 0 aromatic heterocycles. The summed E-state index contributed by atoms with van der Waals surface area (Å²) in [5, 5.41) is 0. The fraction of sp³-hybridized carbons (Fsp3) is 0.480. The summed E-state index contributed by atoms with van der Waals surface area (Å²) in [6.07, 6.45) is 4.86. The molecule has 6 rings (SSSR count). The summed E-state index contributed by atoms with van der Waals surface area (Å²) in [4.78, 5) is 15.7. The van der Waals surface area contributed by atoms with Crippen LogP contribution < -0.4 is 14.2 Å². The van der Waals surface area contributed by atoms with Crippen molar-refractivity contribution in [2.45, 2.75) is 56.6 Å². The zero-order chi connectivity index (χ0) is 20.3. The van der Waals surface area contributed by atoms with Crippen molar-refractivity contribution in [3.8, 4) is 17.2 Å². The molecule has 5 heteroatoms. The molecule has 0 bridgehead atoms. The van der Waals surface area contributed by atoms with Crippen LogP contribution >= 0.6 is 0 Å². The summed E-state index contributed by atoms with van der Waals surface area (Å²) in [6, 6.07) is 12.3. The van der Waals surface area contributed by atoms with Crippen LogP contribution in [0.5, 0.6) is 17.2 Å². The van der Waals surface area contributed by atoms with Gasteiger partial charge in [-0.3, -0.25) is 4.79 Å². The van der Waals surface area contributed by atoms with Crippen LogP contribution in [-0.4, -0.2) is 36.7 Å². The number of fused-ring (bicyclic) bond motifs is 4. The molecule has 1 aliphatic carbocycles. The number of nitrogens with zero attached hydrogens (tertiary/aromatic N) is 1. The van der Waals surface area contributed by atoms with Crippen LogP contribution in [0.25, 0.3) is 0 Å². The lowest BCUT2D eigenvalue weighted by molar-refractivity contribution is -0.142. The van der Waals surface area contributed by atoms with E-state index in [4.69, 9.17) is 14.2 Å². The highest BCUT2D eigenvalue weighted by molar-refractivity contribution is 5.84. The van der Waals surface area contributed by atoms with Crippen LogP contribution in [0.2, 0.25) is 0 Å². The first-order chi connectivity index (χ1) is 14.6. The fourth-order valence-corrected chi connectivity index (χ4v) is 5.88. The van der Waals surface area contributed by atoms with Gasteiger partial charge >= 0.3 is 0 Å². The molecule has 1 amide bonds. The molecule has 2 atom stereocenters. The predicted octanol–water partition coefficient (Wildman–Crippen LogP) is 4.18. The smallest absolute Gasteiger partial charge is 0.264 e. The maximum atomic E-state index is 13.7. The SMILES string of the molecule is C[C@H]1c2cc3c(cc2C2(CCCC2)CN1C(=O)[C@@H]1Cc2ccccc2O1)OCCO3. The Kier molecular flexibility index (Phi) is 4.02. The van der Waals surface area contributed by atoms with E-state index in [1.165, 1.54) is 24.0 Å². The summed E-state index contributed by atoms with van der Waals surface area (Å²) in [5.41, 5.74) is 3.70. The molecule has 0 unspecified atom stereocenters. The van der Waals surface area contributed by atoms with Gasteiger partial charge in [-0.05, 0) is 54.7 Å². The zero-order valence-corrected chi connectivity index (χ0v) is 17.4. The highest BCUT2D eigenvalue weighted by Crippen LogP contribution is 2.52. The number of amides is 1. The van der Waals surface area contributed by atoms with Gasteiger partial charge in [-0.25, -0.2) is 0 Å². The van der Waals surface area contributed by atoms with E-state index in [1.54, 1.807) is 0 Å². The second kappa shape index (κ2) is 6.66. The van der Waals surface area contributed by atoms with E-state index in [0.717, 1.165) is 42.2 Å². The Morgan fingerprint density at radius 1 is 1.03 bits per heavy atom. The van der Waals surface area contributed by atoms with Crippen LogP contribution in [0.15, 0.2) is 36.4 Å². The lowest BCUT2D eigenvalue weighted by atomic mass is 9.71. The Morgan fingerprint density at radius 2 is 1.77 bits per heavy atom. The Balaban J connectivity index is 1.37. The third-order valence-electron chi connectivity index (χ3n) is 7.44. The molecule has 3 heterocycles. The first-order valence-corrected chi connectivity index (χ1v) is 11.1. The van der Waals surface area contributed by atoms with Crippen molar-refractivity contribution >= 4 is 5.91 Å². The number of benzene rings is 2. The lowest BCUT2D eigenvalue weighted by Gasteiger charge is -2.47. The minimum atomic E-state index is -0.429. The van der Waals surface area contributed by atoms with Crippen LogP contribution in [0.4, 0.5) is 0 Å². The van der Waals surface area contributed by atoms with Gasteiger partial charge in [0.1, 0.15) is 19.0 Å². The topological polar surface area (TPSA) is 48.0 Å². The molecule has 0 radical (unpaired) electrons. The molecular weight excluding hydrogens is 378 g/mol. The van der Waals surface area contributed by atoms with Crippen LogP contribution in [0, 0.1) is 0 Å². The Labute approximate surface area is 176 Å². The minimum Gasteiger partial charge on any atom is -0.486 e. The van der Waals surface area contributed by atoms with Crippen LogP contribution in [0.3, 0.4) is 0 Å². The molecule has 30 heavy (non-hydrogen) atoms. The van der Waals surface area contributed by atoms with Crippen molar-refractivity contribution in [1.29, 1.82) is 0 Å². The second-order valence-corrected chi connectivity index (χ2v) is 9.13. The van der Waals surface area contributed by atoms with Crippen molar-refractivity contribution in [3.05, 3.63) is 53.1 Å². The fourth-order valence-electron chi connectivity index (χ4n) is 5.88. The molecule has 0 saturated heterocycles. The lowest BCUT2D eigenvalue weighted by Crippen LogP contribution is -2.52. The molecule has 1 spiro atoms. The molecule has 3 aliphatic heterocycles. The third-order valence-corrected chi connectivity index (χ3v) is 7.44. The van der Waals surface area contributed by atoms with E-state index in [-0.39, 0.29) is 17.4 Å². The van der Waals surface area contributed by atoms with Gasteiger partial charge in [0, 0.05) is 18.4 Å². The van der Waals surface area contributed by atoms with E-state index in [2.05, 4.69) is 30.0 Å². The third kappa shape index (κ3) is 2.64.